The maximum atomic E-state index is 12.1. The molecule has 1 atom stereocenters. The second-order valence-electron chi connectivity index (χ2n) is 5.73. The third-order valence-electron chi connectivity index (χ3n) is 3.95. The number of nitrogens with zero attached hydrogens (tertiary/aromatic N) is 1. The fourth-order valence-electron chi connectivity index (χ4n) is 2.68. The number of ether oxygens (including phenoxy) is 1. The van der Waals surface area contributed by atoms with Gasteiger partial charge in [0.1, 0.15) is 11.5 Å². The summed E-state index contributed by atoms with van der Waals surface area (Å²) in [4.78, 5) is 24.6. The van der Waals surface area contributed by atoms with Gasteiger partial charge in [0, 0.05) is 24.6 Å². The molecule has 0 aromatic heterocycles. The Kier molecular flexibility index (Phi) is 4.37. The third kappa shape index (κ3) is 3.48. The van der Waals surface area contributed by atoms with Gasteiger partial charge in [0.15, 0.2) is 0 Å². The summed E-state index contributed by atoms with van der Waals surface area (Å²) in [7, 11) is 0. The SMILES string of the molecule is O=C(O)c1ccc(OCC2CC(=O)N(c3ccc(O)cc3)C2)cc1. The first-order chi connectivity index (χ1) is 11.5. The molecule has 2 aromatic carbocycles. The van der Waals surface area contributed by atoms with Crippen molar-refractivity contribution in [3.05, 3.63) is 54.1 Å². The van der Waals surface area contributed by atoms with Gasteiger partial charge in [0.25, 0.3) is 0 Å². The number of aromatic carboxylic acids is 1. The molecule has 0 spiro atoms. The highest BCUT2D eigenvalue weighted by Gasteiger charge is 2.31. The van der Waals surface area contributed by atoms with E-state index in [1.54, 1.807) is 41.3 Å². The minimum Gasteiger partial charge on any atom is -0.508 e. The molecule has 2 aromatic rings. The van der Waals surface area contributed by atoms with E-state index < -0.39 is 5.97 Å². The minimum absolute atomic E-state index is 0.0236. The van der Waals surface area contributed by atoms with E-state index in [2.05, 4.69) is 0 Å². The minimum atomic E-state index is -0.979. The van der Waals surface area contributed by atoms with Crippen molar-refractivity contribution in [1.82, 2.24) is 0 Å². The Labute approximate surface area is 138 Å². The maximum Gasteiger partial charge on any atom is 0.335 e. The first-order valence-electron chi connectivity index (χ1n) is 7.58. The second-order valence-corrected chi connectivity index (χ2v) is 5.73. The summed E-state index contributed by atoms with van der Waals surface area (Å²) in [5, 5.41) is 18.2. The molecule has 1 amide bonds. The maximum absolute atomic E-state index is 12.1. The number of hydrogen-bond donors (Lipinski definition) is 2. The lowest BCUT2D eigenvalue weighted by atomic mass is 10.1. The molecule has 124 valence electrons. The average Bonchev–Trinajstić information content (AvgIpc) is 2.95. The molecule has 1 aliphatic heterocycles. The van der Waals surface area contributed by atoms with Crippen LogP contribution in [0.5, 0.6) is 11.5 Å². The number of phenolic OH excluding ortho intramolecular Hbond substituents is 1. The average molecular weight is 327 g/mol. The number of carbonyl (C=O) groups is 2. The second kappa shape index (κ2) is 6.62. The molecule has 0 bridgehead atoms. The molecule has 0 aliphatic carbocycles. The molecule has 1 heterocycles. The quantitative estimate of drug-likeness (QED) is 0.881. The number of carboxylic acids is 1. The first kappa shape index (κ1) is 15.9. The number of carboxylic acid groups (broad SMARTS) is 1. The van der Waals surface area contributed by atoms with E-state index in [0.29, 0.717) is 25.3 Å². The number of anilines is 1. The van der Waals surface area contributed by atoms with Crippen molar-refractivity contribution in [2.75, 3.05) is 18.1 Å². The zero-order valence-electron chi connectivity index (χ0n) is 12.9. The van der Waals surface area contributed by atoms with Gasteiger partial charge in [0.2, 0.25) is 5.91 Å². The highest BCUT2D eigenvalue weighted by Crippen LogP contribution is 2.27. The summed E-state index contributed by atoms with van der Waals surface area (Å²) in [6.45, 7) is 0.934. The predicted molar refractivity (Wildman–Crippen MR) is 87.5 cm³/mol. The number of phenols is 1. The van der Waals surface area contributed by atoms with Gasteiger partial charge in [-0.1, -0.05) is 0 Å². The van der Waals surface area contributed by atoms with Crippen molar-refractivity contribution >= 4 is 17.6 Å². The van der Waals surface area contributed by atoms with Crippen LogP contribution in [-0.4, -0.2) is 35.2 Å². The van der Waals surface area contributed by atoms with Crippen LogP contribution in [-0.2, 0) is 4.79 Å². The Morgan fingerprint density at radius 2 is 1.79 bits per heavy atom. The van der Waals surface area contributed by atoms with Crippen LogP contribution in [0.1, 0.15) is 16.8 Å². The van der Waals surface area contributed by atoms with E-state index in [1.807, 2.05) is 0 Å². The summed E-state index contributed by atoms with van der Waals surface area (Å²) >= 11 is 0. The van der Waals surface area contributed by atoms with E-state index >= 15 is 0 Å². The molecule has 6 nitrogen and oxygen atoms in total. The molecule has 0 saturated carbocycles. The third-order valence-corrected chi connectivity index (χ3v) is 3.95. The van der Waals surface area contributed by atoms with Crippen LogP contribution < -0.4 is 9.64 Å². The Morgan fingerprint density at radius 3 is 2.42 bits per heavy atom. The van der Waals surface area contributed by atoms with Gasteiger partial charge in [-0.2, -0.15) is 0 Å². The smallest absolute Gasteiger partial charge is 0.335 e. The number of amides is 1. The Bertz CT molecular complexity index is 739. The number of rotatable bonds is 5. The number of hydrogen-bond acceptors (Lipinski definition) is 4. The highest BCUT2D eigenvalue weighted by molar-refractivity contribution is 5.95. The summed E-state index contributed by atoms with van der Waals surface area (Å²) < 4.78 is 5.66. The molecule has 24 heavy (non-hydrogen) atoms. The van der Waals surface area contributed by atoms with Gasteiger partial charge < -0.3 is 19.8 Å². The normalized spacial score (nSPS) is 17.1. The fraction of sp³-hybridized carbons (Fsp3) is 0.222. The van der Waals surface area contributed by atoms with Gasteiger partial charge >= 0.3 is 5.97 Å². The highest BCUT2D eigenvalue weighted by atomic mass is 16.5. The Hall–Kier alpha value is -3.02. The molecule has 2 N–H and O–H groups in total. The van der Waals surface area contributed by atoms with E-state index in [9.17, 15) is 14.7 Å². The molecular formula is C18H17NO5. The molecule has 1 aliphatic rings. The lowest BCUT2D eigenvalue weighted by molar-refractivity contribution is -0.117. The topological polar surface area (TPSA) is 87.1 Å². The van der Waals surface area contributed by atoms with Crippen LogP contribution in [0.4, 0.5) is 5.69 Å². The van der Waals surface area contributed by atoms with Crippen LogP contribution in [0, 0.1) is 5.92 Å². The van der Waals surface area contributed by atoms with Crippen LogP contribution in [0.15, 0.2) is 48.5 Å². The molecule has 1 saturated heterocycles. The van der Waals surface area contributed by atoms with Crippen molar-refractivity contribution < 1.29 is 24.5 Å². The molecule has 0 radical (unpaired) electrons. The molecular weight excluding hydrogens is 310 g/mol. The van der Waals surface area contributed by atoms with Crippen LogP contribution >= 0.6 is 0 Å². The van der Waals surface area contributed by atoms with Gasteiger partial charge in [-0.05, 0) is 48.5 Å². The lowest BCUT2D eigenvalue weighted by Gasteiger charge is -2.17. The Balaban J connectivity index is 1.58. The number of benzene rings is 2. The van der Waals surface area contributed by atoms with Crippen molar-refractivity contribution in [3.63, 3.8) is 0 Å². The van der Waals surface area contributed by atoms with Gasteiger partial charge in [-0.25, -0.2) is 4.79 Å². The summed E-state index contributed by atoms with van der Waals surface area (Å²) in [5.41, 5.74) is 0.961. The monoisotopic (exact) mass is 327 g/mol. The van der Waals surface area contributed by atoms with Crippen LogP contribution in [0.25, 0.3) is 0 Å². The predicted octanol–water partition coefficient (Wildman–Crippen LogP) is 2.52. The van der Waals surface area contributed by atoms with Crippen molar-refractivity contribution in [3.8, 4) is 11.5 Å². The lowest BCUT2D eigenvalue weighted by Crippen LogP contribution is -2.25. The largest absolute Gasteiger partial charge is 0.508 e. The van der Waals surface area contributed by atoms with E-state index in [-0.39, 0.29) is 23.1 Å². The van der Waals surface area contributed by atoms with E-state index in [1.165, 1.54) is 12.1 Å². The van der Waals surface area contributed by atoms with Crippen molar-refractivity contribution in [2.24, 2.45) is 5.92 Å². The molecule has 3 rings (SSSR count). The van der Waals surface area contributed by atoms with E-state index in [0.717, 1.165) is 5.69 Å². The van der Waals surface area contributed by atoms with E-state index in [4.69, 9.17) is 9.84 Å². The zero-order chi connectivity index (χ0) is 17.1. The summed E-state index contributed by atoms with van der Waals surface area (Å²) in [6, 6.07) is 12.7. The van der Waals surface area contributed by atoms with Crippen molar-refractivity contribution in [2.45, 2.75) is 6.42 Å². The van der Waals surface area contributed by atoms with Gasteiger partial charge in [-0.15, -0.1) is 0 Å². The van der Waals surface area contributed by atoms with Crippen molar-refractivity contribution in [1.29, 1.82) is 0 Å². The Morgan fingerprint density at radius 1 is 1.12 bits per heavy atom. The van der Waals surface area contributed by atoms with Crippen LogP contribution in [0.2, 0.25) is 0 Å². The summed E-state index contributed by atoms with van der Waals surface area (Å²) in [5.74, 6) is -0.154. The zero-order valence-corrected chi connectivity index (χ0v) is 12.9. The first-order valence-corrected chi connectivity index (χ1v) is 7.58. The molecule has 1 unspecified atom stereocenters. The standard InChI is InChI=1S/C18H17NO5/c20-15-5-3-14(4-6-15)19-10-12(9-17(19)21)11-24-16-7-1-13(2-8-16)18(22)23/h1-8,12,20H,9-11H2,(H,22,23). The van der Waals surface area contributed by atoms with Crippen LogP contribution in [0.3, 0.4) is 0 Å². The molecule has 6 heteroatoms. The molecule has 1 fully saturated rings. The fourth-order valence-corrected chi connectivity index (χ4v) is 2.68. The number of carbonyl (C=O) groups excluding carboxylic acids is 1. The summed E-state index contributed by atoms with van der Waals surface area (Å²) in [6.07, 6.45) is 0.397. The number of aromatic hydroxyl groups is 1. The van der Waals surface area contributed by atoms with Gasteiger partial charge in [0.05, 0.1) is 12.2 Å². The van der Waals surface area contributed by atoms with Gasteiger partial charge in [-0.3, -0.25) is 4.79 Å².